The second-order valence-corrected chi connectivity index (χ2v) is 19.0. The number of anilines is 1. The molecule has 1 atom stereocenters. The Morgan fingerprint density at radius 1 is 1.00 bits per heavy atom. The van der Waals surface area contributed by atoms with Gasteiger partial charge in [0.15, 0.2) is 0 Å². The van der Waals surface area contributed by atoms with Gasteiger partial charge >= 0.3 is 0 Å². The second kappa shape index (κ2) is 9.69. The Kier molecular flexibility index (Phi) is 7.79. The van der Waals surface area contributed by atoms with E-state index in [2.05, 4.69) is 67.6 Å². The molecule has 2 rings (SSSR count). The summed E-state index contributed by atoms with van der Waals surface area (Å²) < 4.78 is 6.26. The maximum absolute atomic E-state index is 6.26. The highest BCUT2D eigenvalue weighted by atomic mass is 28.4. The first kappa shape index (κ1) is 23.3. The summed E-state index contributed by atoms with van der Waals surface area (Å²) in [6, 6.07) is 16.7. The van der Waals surface area contributed by atoms with Crippen molar-refractivity contribution in [2.75, 3.05) is 18.4 Å². The van der Waals surface area contributed by atoms with Gasteiger partial charge in [0.05, 0.1) is 6.54 Å². The van der Waals surface area contributed by atoms with Gasteiger partial charge in [0.2, 0.25) is 8.32 Å². The molecule has 2 N–H and O–H groups in total. The summed E-state index contributed by atoms with van der Waals surface area (Å²) in [7, 11) is -3.24. The molecule has 0 saturated carbocycles. The summed E-state index contributed by atoms with van der Waals surface area (Å²) in [5.74, 6) is 0. The van der Waals surface area contributed by atoms with E-state index in [4.69, 9.17) is 9.42 Å². The van der Waals surface area contributed by atoms with Crippen molar-refractivity contribution in [3.05, 3.63) is 60.4 Å². The van der Waals surface area contributed by atoms with E-state index in [0.29, 0.717) is 12.6 Å². The van der Waals surface area contributed by atoms with E-state index in [1.165, 1.54) is 0 Å². The minimum absolute atomic E-state index is 0.228. The van der Waals surface area contributed by atoms with Crippen molar-refractivity contribution in [3.8, 4) is 0 Å². The number of benzene rings is 1. The first-order valence-electron chi connectivity index (χ1n) is 10.2. The van der Waals surface area contributed by atoms with Gasteiger partial charge in [-0.25, -0.2) is 4.99 Å². The zero-order valence-corrected chi connectivity index (χ0v) is 20.9. The van der Waals surface area contributed by atoms with E-state index in [9.17, 15) is 0 Å². The standard InChI is InChI=1S/C22H36N4OSi2/c1-22(18-25-28(2,3)4,20-15-11-12-16-23-20)17-24-21(27-29(5,6)7)26-19-13-9-8-10-14-19/h8-16,25H,17-18H2,1-7H3,(H,24,26). The van der Waals surface area contributed by atoms with E-state index in [1.54, 1.807) is 0 Å². The van der Waals surface area contributed by atoms with Crippen LogP contribution in [0.4, 0.5) is 5.69 Å². The highest BCUT2D eigenvalue weighted by Gasteiger charge is 2.30. The van der Waals surface area contributed by atoms with E-state index in [-0.39, 0.29) is 5.41 Å². The molecule has 7 heteroatoms. The van der Waals surface area contributed by atoms with Crippen molar-refractivity contribution >= 4 is 28.3 Å². The molecule has 0 radical (unpaired) electrons. The minimum Gasteiger partial charge on any atom is -0.519 e. The number of nitrogens with zero attached hydrogens (tertiary/aromatic N) is 2. The number of aliphatic imine (C=N–C) groups is 1. The van der Waals surface area contributed by atoms with Gasteiger partial charge in [-0.3, -0.25) is 4.98 Å². The normalized spacial score (nSPS) is 14.9. The van der Waals surface area contributed by atoms with Crippen LogP contribution in [0.25, 0.3) is 0 Å². The van der Waals surface area contributed by atoms with Crippen LogP contribution < -0.4 is 10.3 Å². The number of rotatable bonds is 8. The van der Waals surface area contributed by atoms with Crippen molar-refractivity contribution in [2.24, 2.45) is 4.99 Å². The Balaban J connectivity index is 2.30. The SMILES string of the molecule is CC(CN=C(Nc1ccccc1)O[Si](C)(C)C)(CN[Si](C)(C)C)c1ccccn1. The molecule has 1 unspecified atom stereocenters. The van der Waals surface area contributed by atoms with Crippen LogP contribution in [0.3, 0.4) is 0 Å². The van der Waals surface area contributed by atoms with Crippen LogP contribution in [0.15, 0.2) is 59.7 Å². The Labute approximate surface area is 178 Å². The molecule has 0 spiro atoms. The zero-order chi connectivity index (χ0) is 21.5. The second-order valence-electron chi connectivity index (χ2n) is 9.71. The number of hydrogen-bond acceptors (Lipinski definition) is 4. The van der Waals surface area contributed by atoms with Gasteiger partial charge in [-0.15, -0.1) is 0 Å². The molecule has 5 nitrogen and oxygen atoms in total. The number of para-hydroxylation sites is 1. The summed E-state index contributed by atoms with van der Waals surface area (Å²) >= 11 is 0. The lowest BCUT2D eigenvalue weighted by atomic mass is 9.86. The van der Waals surface area contributed by atoms with Crippen LogP contribution in [0, 0.1) is 0 Å². The van der Waals surface area contributed by atoms with Crippen LogP contribution in [-0.2, 0) is 9.84 Å². The molecule has 29 heavy (non-hydrogen) atoms. The molecule has 1 aromatic carbocycles. The maximum Gasteiger partial charge on any atom is 0.275 e. The molecule has 0 fully saturated rings. The number of pyridine rings is 1. The smallest absolute Gasteiger partial charge is 0.275 e. The van der Waals surface area contributed by atoms with Crippen LogP contribution in [-0.4, -0.2) is 40.6 Å². The van der Waals surface area contributed by atoms with Crippen molar-refractivity contribution < 1.29 is 4.43 Å². The van der Waals surface area contributed by atoms with E-state index >= 15 is 0 Å². The van der Waals surface area contributed by atoms with Gasteiger partial charge < -0.3 is 14.7 Å². The molecule has 0 bridgehead atoms. The van der Waals surface area contributed by atoms with Crippen LogP contribution in [0.5, 0.6) is 0 Å². The summed E-state index contributed by atoms with van der Waals surface area (Å²) in [4.78, 5) is 13.3. The van der Waals surface area contributed by atoms with Crippen LogP contribution in [0.1, 0.15) is 12.6 Å². The van der Waals surface area contributed by atoms with Gasteiger partial charge in [-0.1, -0.05) is 50.8 Å². The highest BCUT2D eigenvalue weighted by molar-refractivity contribution is 6.73. The molecular weight excluding hydrogens is 392 g/mol. The molecule has 1 heterocycles. The lowest BCUT2D eigenvalue weighted by Crippen LogP contribution is -2.49. The molecule has 0 aliphatic rings. The van der Waals surface area contributed by atoms with Crippen LogP contribution >= 0.6 is 0 Å². The largest absolute Gasteiger partial charge is 0.519 e. The molecule has 0 amide bonds. The van der Waals surface area contributed by atoms with Gasteiger partial charge in [-0.2, -0.15) is 0 Å². The lowest BCUT2D eigenvalue weighted by molar-refractivity contribution is 0.454. The van der Waals surface area contributed by atoms with Crippen molar-refractivity contribution in [1.82, 2.24) is 9.97 Å². The Hall–Kier alpha value is -1.97. The topological polar surface area (TPSA) is 58.5 Å². The Morgan fingerprint density at radius 3 is 2.21 bits per heavy atom. The molecule has 158 valence electrons. The van der Waals surface area contributed by atoms with Gasteiger partial charge in [-0.05, 0) is 43.9 Å². The minimum atomic E-state index is -1.82. The summed E-state index contributed by atoms with van der Waals surface area (Å²) in [5, 5.41) is 3.36. The van der Waals surface area contributed by atoms with Crippen molar-refractivity contribution in [2.45, 2.75) is 51.6 Å². The quantitative estimate of drug-likeness (QED) is 0.349. The lowest BCUT2D eigenvalue weighted by Gasteiger charge is -2.32. The predicted molar refractivity (Wildman–Crippen MR) is 130 cm³/mol. The predicted octanol–water partition coefficient (Wildman–Crippen LogP) is 5.08. The molecule has 2 aromatic rings. The van der Waals surface area contributed by atoms with Crippen molar-refractivity contribution in [3.63, 3.8) is 0 Å². The number of amidine groups is 1. The summed E-state index contributed by atoms with van der Waals surface area (Å²) in [5.41, 5.74) is 1.79. The fourth-order valence-corrected chi connectivity index (χ4v) is 4.30. The first-order valence-corrected chi connectivity index (χ1v) is 17.1. The van der Waals surface area contributed by atoms with Gasteiger partial charge in [0.25, 0.3) is 6.02 Å². The first-order chi connectivity index (χ1) is 13.5. The number of nitrogens with one attached hydrogen (secondary N) is 2. The number of hydrogen-bond donors (Lipinski definition) is 2. The fourth-order valence-electron chi connectivity index (χ4n) is 2.69. The maximum atomic E-state index is 6.26. The van der Waals surface area contributed by atoms with Crippen LogP contribution in [0.2, 0.25) is 39.3 Å². The summed E-state index contributed by atoms with van der Waals surface area (Å²) in [6.07, 6.45) is 1.85. The molecule has 1 aromatic heterocycles. The average Bonchev–Trinajstić information content (AvgIpc) is 2.64. The molecule has 0 saturated heterocycles. The highest BCUT2D eigenvalue weighted by Crippen LogP contribution is 2.23. The van der Waals surface area contributed by atoms with E-state index < -0.39 is 16.6 Å². The van der Waals surface area contributed by atoms with Gasteiger partial charge in [0, 0.05) is 29.5 Å². The van der Waals surface area contributed by atoms with Gasteiger partial charge in [0.1, 0.15) is 8.24 Å². The van der Waals surface area contributed by atoms with Crippen molar-refractivity contribution in [1.29, 1.82) is 0 Å². The van der Waals surface area contributed by atoms with E-state index in [1.807, 2.05) is 48.7 Å². The fraction of sp³-hybridized carbons (Fsp3) is 0.455. The molecule has 0 aliphatic carbocycles. The Bertz CT molecular complexity index is 786. The van der Waals surface area contributed by atoms with E-state index in [0.717, 1.165) is 17.9 Å². The zero-order valence-electron chi connectivity index (χ0n) is 18.9. The third-order valence-electron chi connectivity index (χ3n) is 4.29. The monoisotopic (exact) mass is 428 g/mol. The molecular formula is C22H36N4OSi2. The average molecular weight is 429 g/mol. The third kappa shape index (κ3) is 8.51. The Morgan fingerprint density at radius 2 is 1.66 bits per heavy atom. The summed E-state index contributed by atoms with van der Waals surface area (Å²) in [6.45, 7) is 17.1. The molecule has 0 aliphatic heterocycles. The number of aromatic nitrogens is 1. The third-order valence-corrected chi connectivity index (χ3v) is 6.33.